The number of nitrogens with zero attached hydrogens (tertiary/aromatic N) is 3. The normalized spacial score (nSPS) is 20.7. The van der Waals surface area contributed by atoms with Gasteiger partial charge in [-0.3, -0.25) is 9.88 Å². The third-order valence-corrected chi connectivity index (χ3v) is 7.40. The van der Waals surface area contributed by atoms with E-state index in [2.05, 4.69) is 65.7 Å². The van der Waals surface area contributed by atoms with Gasteiger partial charge in [0.1, 0.15) is 6.61 Å². The molecule has 1 aliphatic carbocycles. The summed E-state index contributed by atoms with van der Waals surface area (Å²) in [6.45, 7) is 0.338. The maximum Gasteiger partial charge on any atom is 0.410 e. The zero-order valence-corrected chi connectivity index (χ0v) is 18.9. The Morgan fingerprint density at radius 3 is 2.50 bits per heavy atom. The SMILES string of the molecule is N#Cc1ccnc(C2=CC3CCCC(C2)N3C(=O)OCC2c3ccccc3-c3ccccc32)c1. The van der Waals surface area contributed by atoms with Crippen molar-refractivity contribution >= 4 is 11.7 Å². The third kappa shape index (κ3) is 3.47. The number of benzene rings is 2. The second kappa shape index (κ2) is 8.46. The Balaban J connectivity index is 1.22. The summed E-state index contributed by atoms with van der Waals surface area (Å²) in [5.74, 6) is 0.0602. The van der Waals surface area contributed by atoms with E-state index in [4.69, 9.17) is 4.74 Å². The number of hydrogen-bond acceptors (Lipinski definition) is 4. The Labute approximate surface area is 199 Å². The highest BCUT2D eigenvalue weighted by Crippen LogP contribution is 2.45. The summed E-state index contributed by atoms with van der Waals surface area (Å²) in [5, 5.41) is 9.24. The van der Waals surface area contributed by atoms with Gasteiger partial charge >= 0.3 is 6.09 Å². The molecular formula is C29H25N3O2. The molecule has 2 bridgehead atoms. The van der Waals surface area contributed by atoms with Crippen molar-refractivity contribution in [2.24, 2.45) is 0 Å². The molecule has 3 aromatic rings. The predicted octanol–water partition coefficient (Wildman–Crippen LogP) is 5.91. The van der Waals surface area contributed by atoms with Gasteiger partial charge in [0.25, 0.3) is 0 Å². The summed E-state index contributed by atoms with van der Waals surface area (Å²) in [4.78, 5) is 19.8. The third-order valence-electron chi connectivity index (χ3n) is 7.40. The van der Waals surface area contributed by atoms with Crippen molar-refractivity contribution in [1.29, 1.82) is 5.26 Å². The highest BCUT2D eigenvalue weighted by Gasteiger charge is 2.39. The molecule has 2 unspecified atom stereocenters. The van der Waals surface area contributed by atoms with E-state index in [1.807, 2.05) is 11.0 Å². The Hall–Kier alpha value is -3.91. The Bertz CT molecular complexity index is 1290. The van der Waals surface area contributed by atoms with E-state index in [1.54, 1.807) is 12.3 Å². The van der Waals surface area contributed by atoms with Crippen molar-refractivity contribution < 1.29 is 9.53 Å². The number of carbonyl (C=O) groups excluding carboxylic acids is 1. The average Bonchev–Trinajstić information content (AvgIpc) is 3.20. The van der Waals surface area contributed by atoms with Crippen molar-refractivity contribution in [3.05, 3.63) is 95.3 Å². The smallest absolute Gasteiger partial charge is 0.410 e. The van der Waals surface area contributed by atoms with Gasteiger partial charge in [0, 0.05) is 18.2 Å². The maximum atomic E-state index is 13.4. The average molecular weight is 448 g/mol. The minimum absolute atomic E-state index is 0.00527. The van der Waals surface area contributed by atoms with Gasteiger partial charge in [-0.2, -0.15) is 5.26 Å². The molecule has 0 radical (unpaired) electrons. The van der Waals surface area contributed by atoms with Crippen molar-refractivity contribution in [3.63, 3.8) is 0 Å². The van der Waals surface area contributed by atoms with E-state index in [-0.39, 0.29) is 24.1 Å². The zero-order valence-electron chi connectivity index (χ0n) is 18.9. The van der Waals surface area contributed by atoms with Crippen molar-refractivity contribution in [2.75, 3.05) is 6.61 Å². The highest BCUT2D eigenvalue weighted by molar-refractivity contribution is 5.79. The molecule has 1 saturated heterocycles. The summed E-state index contributed by atoms with van der Waals surface area (Å²) >= 11 is 0. The number of nitriles is 1. The molecule has 1 aromatic heterocycles. The van der Waals surface area contributed by atoms with E-state index in [1.165, 1.54) is 22.3 Å². The number of aromatic nitrogens is 1. The lowest BCUT2D eigenvalue weighted by atomic mass is 9.84. The van der Waals surface area contributed by atoms with Crippen LogP contribution in [0.3, 0.4) is 0 Å². The topological polar surface area (TPSA) is 66.2 Å². The molecule has 1 amide bonds. The molecule has 0 N–H and O–H groups in total. The molecule has 2 aliphatic heterocycles. The maximum absolute atomic E-state index is 13.4. The van der Waals surface area contributed by atoms with E-state index < -0.39 is 0 Å². The fourth-order valence-corrected chi connectivity index (χ4v) is 5.85. The number of amides is 1. The van der Waals surface area contributed by atoms with Gasteiger partial charge in [-0.1, -0.05) is 54.6 Å². The zero-order chi connectivity index (χ0) is 23.1. The van der Waals surface area contributed by atoms with E-state index in [9.17, 15) is 10.1 Å². The van der Waals surface area contributed by atoms with Crippen molar-refractivity contribution in [3.8, 4) is 17.2 Å². The summed E-state index contributed by atoms with van der Waals surface area (Å²) in [6.07, 6.45) is 7.31. The molecule has 34 heavy (non-hydrogen) atoms. The first kappa shape index (κ1) is 20.7. The van der Waals surface area contributed by atoms with Crippen LogP contribution in [0.5, 0.6) is 0 Å². The lowest BCUT2D eigenvalue weighted by molar-refractivity contribution is 0.0538. The van der Waals surface area contributed by atoms with Crippen LogP contribution in [0, 0.1) is 11.3 Å². The Morgan fingerprint density at radius 1 is 1.06 bits per heavy atom. The minimum Gasteiger partial charge on any atom is -0.448 e. The van der Waals surface area contributed by atoms with Crippen LogP contribution in [-0.4, -0.2) is 34.7 Å². The first-order chi connectivity index (χ1) is 16.7. The van der Waals surface area contributed by atoms with Crippen LogP contribution in [0.2, 0.25) is 0 Å². The molecule has 0 saturated carbocycles. The van der Waals surface area contributed by atoms with E-state index in [0.717, 1.165) is 37.0 Å². The summed E-state index contributed by atoms with van der Waals surface area (Å²) in [6, 6.07) is 22.6. The molecule has 3 heterocycles. The minimum atomic E-state index is -0.231. The molecule has 2 atom stereocenters. The quantitative estimate of drug-likeness (QED) is 0.500. The molecular weight excluding hydrogens is 422 g/mol. The number of ether oxygens (including phenoxy) is 1. The first-order valence-electron chi connectivity index (χ1n) is 11.9. The molecule has 2 aromatic carbocycles. The fraction of sp³-hybridized carbons (Fsp3) is 0.276. The van der Waals surface area contributed by atoms with Gasteiger partial charge in [-0.25, -0.2) is 4.79 Å². The Kier molecular flexibility index (Phi) is 5.15. The largest absolute Gasteiger partial charge is 0.448 e. The van der Waals surface area contributed by atoms with Gasteiger partial charge < -0.3 is 4.74 Å². The van der Waals surface area contributed by atoms with Crippen LogP contribution in [0.1, 0.15) is 54.0 Å². The number of rotatable bonds is 3. The van der Waals surface area contributed by atoms with Gasteiger partial charge in [0.05, 0.1) is 23.4 Å². The number of carbonyl (C=O) groups is 1. The second-order valence-electron chi connectivity index (χ2n) is 9.30. The molecule has 168 valence electrons. The molecule has 5 nitrogen and oxygen atoms in total. The number of piperidine rings is 1. The standard InChI is InChI=1S/C29H25N3O2/c30-17-19-12-13-31-28(14-19)20-15-21-6-5-7-22(16-20)32(21)29(33)34-18-27-25-10-3-1-8-23(25)24-9-2-4-11-26(24)27/h1-4,8-15,21-22,27H,5-7,16,18H2. The van der Waals surface area contributed by atoms with Gasteiger partial charge in [-0.15, -0.1) is 0 Å². The number of pyridine rings is 1. The first-order valence-corrected chi connectivity index (χ1v) is 11.9. The summed E-state index contributed by atoms with van der Waals surface area (Å²) in [7, 11) is 0. The number of fused-ring (bicyclic) bond motifs is 5. The highest BCUT2D eigenvalue weighted by atomic mass is 16.6. The molecule has 0 spiro atoms. The molecule has 1 fully saturated rings. The molecule has 3 aliphatic rings. The van der Waals surface area contributed by atoms with Crippen LogP contribution in [0.4, 0.5) is 4.79 Å². The fourth-order valence-electron chi connectivity index (χ4n) is 5.85. The van der Waals surface area contributed by atoms with Gasteiger partial charge in [-0.05, 0) is 65.6 Å². The summed E-state index contributed by atoms with van der Waals surface area (Å²) < 4.78 is 5.99. The monoisotopic (exact) mass is 447 g/mol. The summed E-state index contributed by atoms with van der Waals surface area (Å²) in [5.41, 5.74) is 7.47. The van der Waals surface area contributed by atoms with Crippen LogP contribution < -0.4 is 0 Å². The van der Waals surface area contributed by atoms with Crippen LogP contribution in [-0.2, 0) is 4.74 Å². The van der Waals surface area contributed by atoms with Gasteiger partial charge in [0.15, 0.2) is 0 Å². The molecule has 5 heteroatoms. The second-order valence-corrected chi connectivity index (χ2v) is 9.30. The van der Waals surface area contributed by atoms with Crippen LogP contribution in [0.15, 0.2) is 72.9 Å². The van der Waals surface area contributed by atoms with Crippen LogP contribution in [0.25, 0.3) is 16.7 Å². The van der Waals surface area contributed by atoms with E-state index in [0.29, 0.717) is 12.2 Å². The van der Waals surface area contributed by atoms with Gasteiger partial charge in [0.2, 0.25) is 0 Å². The predicted molar refractivity (Wildman–Crippen MR) is 130 cm³/mol. The van der Waals surface area contributed by atoms with Crippen molar-refractivity contribution in [2.45, 2.75) is 43.7 Å². The van der Waals surface area contributed by atoms with Crippen molar-refractivity contribution in [1.82, 2.24) is 9.88 Å². The lowest BCUT2D eigenvalue weighted by Gasteiger charge is -2.44. The number of hydrogen-bond donors (Lipinski definition) is 0. The van der Waals surface area contributed by atoms with E-state index >= 15 is 0 Å². The van der Waals surface area contributed by atoms with Crippen LogP contribution >= 0.6 is 0 Å². The lowest BCUT2D eigenvalue weighted by Crippen LogP contribution is -2.52. The Morgan fingerprint density at radius 2 is 1.79 bits per heavy atom. The molecule has 6 rings (SSSR count).